The molecule has 0 unspecified atom stereocenters. The minimum absolute atomic E-state index is 0.266. The van der Waals surface area contributed by atoms with E-state index < -0.39 is 0 Å². The number of nitrogens with two attached hydrogens (primary N) is 1. The van der Waals surface area contributed by atoms with Gasteiger partial charge in [0.05, 0.1) is 13.2 Å². The van der Waals surface area contributed by atoms with Crippen molar-refractivity contribution < 1.29 is 4.74 Å². The van der Waals surface area contributed by atoms with Gasteiger partial charge in [0.1, 0.15) is 0 Å². The van der Waals surface area contributed by atoms with Crippen LogP contribution < -0.4 is 15.5 Å². The van der Waals surface area contributed by atoms with E-state index in [0.29, 0.717) is 25.1 Å². The van der Waals surface area contributed by atoms with E-state index in [2.05, 4.69) is 26.1 Å². The molecule has 2 rings (SSSR count). The molecule has 1 aliphatic rings. The standard InChI is InChI=1S/C11H20N6OS/c1-16(5-8-19-2)10-13-9(12)14-11(15-10)17-3-6-18-7-4-17/h3-8H2,1-2H3,(H2,12,13,14,15). The Morgan fingerprint density at radius 1 is 1.32 bits per heavy atom. The second-order valence-corrected chi connectivity index (χ2v) is 5.29. The number of nitrogen functional groups attached to an aromatic ring is 1. The molecule has 0 bridgehead atoms. The Morgan fingerprint density at radius 2 is 2.05 bits per heavy atom. The largest absolute Gasteiger partial charge is 0.378 e. The van der Waals surface area contributed by atoms with E-state index in [1.807, 2.05) is 11.9 Å². The number of thioether (sulfide) groups is 1. The molecule has 2 N–H and O–H groups in total. The summed E-state index contributed by atoms with van der Waals surface area (Å²) < 4.78 is 5.32. The van der Waals surface area contributed by atoms with Crippen LogP contribution in [0.2, 0.25) is 0 Å². The molecule has 1 aliphatic heterocycles. The predicted molar refractivity (Wildman–Crippen MR) is 78.9 cm³/mol. The van der Waals surface area contributed by atoms with Crippen LogP contribution in [-0.4, -0.2) is 66.9 Å². The van der Waals surface area contributed by atoms with E-state index in [9.17, 15) is 0 Å². The number of aromatic nitrogens is 3. The first kappa shape index (κ1) is 14.1. The van der Waals surface area contributed by atoms with Crippen molar-refractivity contribution in [3.05, 3.63) is 0 Å². The van der Waals surface area contributed by atoms with E-state index in [1.54, 1.807) is 11.8 Å². The van der Waals surface area contributed by atoms with Crippen LogP contribution >= 0.6 is 11.8 Å². The van der Waals surface area contributed by atoms with Crippen LogP contribution in [0.25, 0.3) is 0 Å². The third-order valence-corrected chi connectivity index (χ3v) is 3.49. The molecule has 1 aromatic heterocycles. The Balaban J connectivity index is 2.13. The third kappa shape index (κ3) is 3.84. The van der Waals surface area contributed by atoms with Crippen molar-refractivity contribution in [1.82, 2.24) is 15.0 Å². The minimum Gasteiger partial charge on any atom is -0.378 e. The maximum Gasteiger partial charge on any atom is 0.232 e. The van der Waals surface area contributed by atoms with Crippen molar-refractivity contribution in [3.8, 4) is 0 Å². The van der Waals surface area contributed by atoms with Crippen LogP contribution in [0, 0.1) is 0 Å². The molecule has 1 fully saturated rings. The van der Waals surface area contributed by atoms with Crippen LogP contribution in [0.1, 0.15) is 0 Å². The highest BCUT2D eigenvalue weighted by molar-refractivity contribution is 7.98. The van der Waals surface area contributed by atoms with Gasteiger partial charge in [0.15, 0.2) is 0 Å². The molecule has 0 amide bonds. The van der Waals surface area contributed by atoms with Crippen LogP contribution in [0.4, 0.5) is 17.8 Å². The van der Waals surface area contributed by atoms with Gasteiger partial charge in [0.25, 0.3) is 0 Å². The summed E-state index contributed by atoms with van der Waals surface area (Å²) in [6.45, 7) is 3.86. The highest BCUT2D eigenvalue weighted by Crippen LogP contribution is 2.15. The van der Waals surface area contributed by atoms with E-state index in [4.69, 9.17) is 10.5 Å². The van der Waals surface area contributed by atoms with E-state index in [0.717, 1.165) is 25.4 Å². The summed E-state index contributed by atoms with van der Waals surface area (Å²) in [5.41, 5.74) is 5.78. The van der Waals surface area contributed by atoms with Gasteiger partial charge in [-0.25, -0.2) is 0 Å². The number of rotatable bonds is 5. The second-order valence-electron chi connectivity index (χ2n) is 4.31. The second kappa shape index (κ2) is 6.76. The maximum absolute atomic E-state index is 5.78. The quantitative estimate of drug-likeness (QED) is 0.815. The number of nitrogens with zero attached hydrogens (tertiary/aromatic N) is 5. The van der Waals surface area contributed by atoms with Crippen LogP contribution in [-0.2, 0) is 4.74 Å². The first-order valence-corrected chi connectivity index (χ1v) is 7.64. The van der Waals surface area contributed by atoms with Gasteiger partial charge >= 0.3 is 0 Å². The molecule has 1 saturated heterocycles. The summed E-state index contributed by atoms with van der Waals surface area (Å²) in [5, 5.41) is 0. The molecule has 0 saturated carbocycles. The third-order valence-electron chi connectivity index (χ3n) is 2.90. The molecule has 0 aromatic carbocycles. The lowest BCUT2D eigenvalue weighted by Crippen LogP contribution is -2.38. The number of morpholine rings is 1. The van der Waals surface area contributed by atoms with E-state index in [-0.39, 0.29) is 5.95 Å². The van der Waals surface area contributed by atoms with Gasteiger partial charge in [-0.3, -0.25) is 0 Å². The fourth-order valence-electron chi connectivity index (χ4n) is 1.77. The number of anilines is 3. The predicted octanol–water partition coefficient (Wildman–Crippen LogP) is 0.0896. The average Bonchev–Trinajstić information content (AvgIpc) is 2.45. The fraction of sp³-hybridized carbons (Fsp3) is 0.727. The lowest BCUT2D eigenvalue weighted by Gasteiger charge is -2.27. The van der Waals surface area contributed by atoms with Gasteiger partial charge in [-0.1, -0.05) is 0 Å². The molecular formula is C11H20N6OS. The average molecular weight is 284 g/mol. The van der Waals surface area contributed by atoms with Gasteiger partial charge in [-0.05, 0) is 6.26 Å². The Kier molecular flexibility index (Phi) is 5.03. The molecule has 19 heavy (non-hydrogen) atoms. The Hall–Kier alpha value is -1.28. The molecule has 7 nitrogen and oxygen atoms in total. The summed E-state index contributed by atoms with van der Waals surface area (Å²) in [6, 6.07) is 0. The molecule has 0 radical (unpaired) electrons. The fourth-order valence-corrected chi connectivity index (χ4v) is 2.23. The number of ether oxygens (including phenoxy) is 1. The zero-order valence-electron chi connectivity index (χ0n) is 11.4. The Bertz CT molecular complexity index is 412. The lowest BCUT2D eigenvalue weighted by molar-refractivity contribution is 0.122. The van der Waals surface area contributed by atoms with Crippen molar-refractivity contribution in [2.75, 3.05) is 67.4 Å². The maximum atomic E-state index is 5.78. The van der Waals surface area contributed by atoms with Crippen LogP contribution in [0.3, 0.4) is 0 Å². The van der Waals surface area contributed by atoms with Gasteiger partial charge in [-0.15, -0.1) is 0 Å². The number of hydrogen-bond acceptors (Lipinski definition) is 8. The molecule has 0 atom stereocenters. The molecule has 106 valence electrons. The summed E-state index contributed by atoms with van der Waals surface area (Å²) >= 11 is 1.79. The van der Waals surface area contributed by atoms with Gasteiger partial charge in [0.2, 0.25) is 17.8 Å². The summed E-state index contributed by atoms with van der Waals surface area (Å²) in [5.74, 6) is 2.56. The monoisotopic (exact) mass is 284 g/mol. The van der Waals surface area contributed by atoms with Crippen LogP contribution in [0.15, 0.2) is 0 Å². The van der Waals surface area contributed by atoms with Gasteiger partial charge < -0.3 is 20.3 Å². The van der Waals surface area contributed by atoms with E-state index in [1.165, 1.54) is 0 Å². The van der Waals surface area contributed by atoms with Crippen molar-refractivity contribution >= 4 is 29.6 Å². The highest BCUT2D eigenvalue weighted by atomic mass is 32.2. The summed E-state index contributed by atoms with van der Waals surface area (Å²) in [7, 11) is 1.97. The van der Waals surface area contributed by atoms with E-state index >= 15 is 0 Å². The molecule has 0 spiro atoms. The molecule has 8 heteroatoms. The zero-order valence-corrected chi connectivity index (χ0v) is 12.2. The van der Waals surface area contributed by atoms with Crippen molar-refractivity contribution in [3.63, 3.8) is 0 Å². The first-order chi connectivity index (χ1) is 9.20. The van der Waals surface area contributed by atoms with Crippen LogP contribution in [0.5, 0.6) is 0 Å². The molecular weight excluding hydrogens is 264 g/mol. The summed E-state index contributed by atoms with van der Waals surface area (Å²) in [6.07, 6.45) is 2.08. The smallest absolute Gasteiger partial charge is 0.232 e. The zero-order chi connectivity index (χ0) is 13.7. The number of hydrogen-bond donors (Lipinski definition) is 1. The van der Waals surface area contributed by atoms with Crippen molar-refractivity contribution in [1.29, 1.82) is 0 Å². The van der Waals surface area contributed by atoms with Crippen molar-refractivity contribution in [2.45, 2.75) is 0 Å². The molecule has 2 heterocycles. The van der Waals surface area contributed by atoms with Crippen molar-refractivity contribution in [2.24, 2.45) is 0 Å². The first-order valence-electron chi connectivity index (χ1n) is 6.25. The lowest BCUT2D eigenvalue weighted by atomic mass is 10.4. The Labute approximate surface area is 117 Å². The van der Waals surface area contributed by atoms with Gasteiger partial charge in [0, 0.05) is 32.4 Å². The topological polar surface area (TPSA) is 80.4 Å². The highest BCUT2D eigenvalue weighted by Gasteiger charge is 2.17. The normalized spacial score (nSPS) is 15.6. The Morgan fingerprint density at radius 3 is 2.74 bits per heavy atom. The minimum atomic E-state index is 0.266. The summed E-state index contributed by atoms with van der Waals surface area (Å²) in [4.78, 5) is 17.0. The molecule has 0 aliphatic carbocycles. The van der Waals surface area contributed by atoms with Gasteiger partial charge in [-0.2, -0.15) is 26.7 Å². The molecule has 1 aromatic rings. The SMILES string of the molecule is CSCCN(C)c1nc(N)nc(N2CCOCC2)n1.